The minimum atomic E-state index is -0.263. The number of hydrogen-bond donors (Lipinski definition) is 3. The standard InChI is InChI=1S/C16H24N6O2/c1-16(2,3)22-13-11(9-18-22)14(24)21-15(20-13)17-8-4-5-12(23)19-10-6-7-10/h9-10H,4-8H2,1-3H3,(H,19,23)(H2,17,20,21,24). The number of nitrogens with zero attached hydrogens (tertiary/aromatic N) is 3. The van der Waals surface area contributed by atoms with E-state index in [-0.39, 0.29) is 17.0 Å². The van der Waals surface area contributed by atoms with Crippen molar-refractivity contribution in [3.63, 3.8) is 0 Å². The molecular formula is C16H24N6O2. The van der Waals surface area contributed by atoms with Crippen LogP contribution in [-0.4, -0.2) is 38.2 Å². The molecule has 0 atom stereocenters. The molecule has 24 heavy (non-hydrogen) atoms. The summed E-state index contributed by atoms with van der Waals surface area (Å²) in [5.41, 5.74) is 0.0745. The van der Waals surface area contributed by atoms with Gasteiger partial charge in [-0.25, -0.2) is 4.68 Å². The maximum Gasteiger partial charge on any atom is 0.263 e. The molecule has 2 aromatic heterocycles. The smallest absolute Gasteiger partial charge is 0.263 e. The molecule has 0 radical (unpaired) electrons. The van der Waals surface area contributed by atoms with Crippen LogP contribution in [0.5, 0.6) is 0 Å². The zero-order valence-electron chi connectivity index (χ0n) is 14.3. The molecule has 1 aliphatic carbocycles. The van der Waals surface area contributed by atoms with E-state index >= 15 is 0 Å². The van der Waals surface area contributed by atoms with E-state index in [0.717, 1.165) is 12.8 Å². The number of H-pyrrole nitrogens is 1. The average molecular weight is 332 g/mol. The van der Waals surface area contributed by atoms with Crippen LogP contribution < -0.4 is 16.2 Å². The monoisotopic (exact) mass is 332 g/mol. The number of rotatable bonds is 6. The van der Waals surface area contributed by atoms with Gasteiger partial charge in [-0.15, -0.1) is 0 Å². The SMILES string of the molecule is CC(C)(C)n1ncc2c(=O)[nH]c(NCCCC(=O)NC3CC3)nc21. The van der Waals surface area contributed by atoms with Crippen LogP contribution >= 0.6 is 0 Å². The summed E-state index contributed by atoms with van der Waals surface area (Å²) in [5, 5.41) is 10.8. The average Bonchev–Trinajstić information content (AvgIpc) is 3.17. The Labute approximate surface area is 140 Å². The van der Waals surface area contributed by atoms with Gasteiger partial charge in [0.2, 0.25) is 11.9 Å². The van der Waals surface area contributed by atoms with Gasteiger partial charge in [0.25, 0.3) is 5.56 Å². The molecule has 8 heteroatoms. The van der Waals surface area contributed by atoms with Gasteiger partial charge in [0.15, 0.2) is 5.65 Å². The van der Waals surface area contributed by atoms with Gasteiger partial charge in [-0.1, -0.05) is 0 Å². The number of fused-ring (bicyclic) bond motifs is 1. The number of aromatic amines is 1. The largest absolute Gasteiger partial charge is 0.356 e. The van der Waals surface area contributed by atoms with Crippen LogP contribution in [0.15, 0.2) is 11.0 Å². The van der Waals surface area contributed by atoms with Crippen molar-refractivity contribution in [1.29, 1.82) is 0 Å². The molecule has 3 N–H and O–H groups in total. The maximum atomic E-state index is 12.2. The summed E-state index contributed by atoms with van der Waals surface area (Å²) in [5.74, 6) is 0.489. The van der Waals surface area contributed by atoms with Gasteiger partial charge in [-0.2, -0.15) is 10.1 Å². The van der Waals surface area contributed by atoms with Gasteiger partial charge in [0.05, 0.1) is 11.7 Å². The highest BCUT2D eigenvalue weighted by Gasteiger charge is 2.23. The van der Waals surface area contributed by atoms with E-state index in [1.54, 1.807) is 10.9 Å². The van der Waals surface area contributed by atoms with Crippen LogP contribution in [0.3, 0.4) is 0 Å². The molecule has 2 aromatic rings. The molecule has 0 saturated heterocycles. The lowest BCUT2D eigenvalue weighted by Gasteiger charge is -2.19. The summed E-state index contributed by atoms with van der Waals surface area (Å²) in [6, 6.07) is 0.392. The lowest BCUT2D eigenvalue weighted by atomic mass is 10.1. The quantitative estimate of drug-likeness (QED) is 0.693. The Kier molecular flexibility index (Phi) is 4.29. The fourth-order valence-electron chi connectivity index (χ4n) is 2.48. The van der Waals surface area contributed by atoms with Crippen molar-refractivity contribution in [3.8, 4) is 0 Å². The minimum absolute atomic E-state index is 0.0852. The van der Waals surface area contributed by atoms with E-state index < -0.39 is 0 Å². The maximum absolute atomic E-state index is 12.2. The summed E-state index contributed by atoms with van der Waals surface area (Å²) in [7, 11) is 0. The number of aromatic nitrogens is 4. The third kappa shape index (κ3) is 3.74. The van der Waals surface area contributed by atoms with Gasteiger partial charge in [-0.05, 0) is 40.0 Å². The van der Waals surface area contributed by atoms with Crippen LogP contribution in [0.4, 0.5) is 5.95 Å². The zero-order chi connectivity index (χ0) is 17.3. The van der Waals surface area contributed by atoms with Crippen molar-refractivity contribution in [1.82, 2.24) is 25.1 Å². The summed E-state index contributed by atoms with van der Waals surface area (Å²) in [4.78, 5) is 31.0. The van der Waals surface area contributed by atoms with Gasteiger partial charge < -0.3 is 10.6 Å². The second kappa shape index (κ2) is 6.26. The number of carbonyl (C=O) groups excluding carboxylic acids is 1. The molecule has 3 rings (SSSR count). The Morgan fingerprint density at radius 1 is 1.42 bits per heavy atom. The Balaban J connectivity index is 1.64. The third-order valence-corrected chi connectivity index (χ3v) is 3.89. The van der Waals surface area contributed by atoms with Gasteiger partial charge >= 0.3 is 0 Å². The first-order valence-electron chi connectivity index (χ1n) is 8.36. The first-order chi connectivity index (χ1) is 11.3. The first kappa shape index (κ1) is 16.5. The molecule has 130 valence electrons. The number of anilines is 1. The third-order valence-electron chi connectivity index (χ3n) is 3.89. The molecule has 1 amide bonds. The predicted octanol–water partition coefficient (Wildman–Crippen LogP) is 1.35. The highest BCUT2D eigenvalue weighted by atomic mass is 16.1. The first-order valence-corrected chi connectivity index (χ1v) is 8.36. The molecule has 0 bridgehead atoms. The van der Waals surface area contributed by atoms with Gasteiger partial charge in [-0.3, -0.25) is 14.6 Å². The molecule has 0 aliphatic heterocycles. The van der Waals surface area contributed by atoms with Crippen LogP contribution in [0.2, 0.25) is 0 Å². The molecule has 1 saturated carbocycles. The predicted molar refractivity (Wildman–Crippen MR) is 92.0 cm³/mol. The molecule has 2 heterocycles. The lowest BCUT2D eigenvalue weighted by Crippen LogP contribution is -2.26. The summed E-state index contributed by atoms with van der Waals surface area (Å²) in [6.07, 6.45) is 4.88. The van der Waals surface area contributed by atoms with E-state index in [1.165, 1.54) is 0 Å². The van der Waals surface area contributed by atoms with E-state index in [4.69, 9.17) is 0 Å². The summed E-state index contributed by atoms with van der Waals surface area (Å²) >= 11 is 0. The molecule has 1 aliphatic rings. The lowest BCUT2D eigenvalue weighted by molar-refractivity contribution is -0.121. The van der Waals surface area contributed by atoms with Crippen molar-refractivity contribution >= 4 is 22.9 Å². The van der Waals surface area contributed by atoms with Crippen LogP contribution in [-0.2, 0) is 10.3 Å². The van der Waals surface area contributed by atoms with Gasteiger partial charge in [0, 0.05) is 19.0 Å². The van der Waals surface area contributed by atoms with Crippen molar-refractivity contribution in [2.75, 3.05) is 11.9 Å². The molecule has 0 unspecified atom stereocenters. The Bertz CT molecular complexity index is 797. The Hall–Kier alpha value is -2.38. The topological polar surface area (TPSA) is 105 Å². The van der Waals surface area contributed by atoms with Crippen molar-refractivity contribution in [3.05, 3.63) is 16.6 Å². The number of nitrogens with one attached hydrogen (secondary N) is 3. The Morgan fingerprint density at radius 3 is 2.83 bits per heavy atom. The van der Waals surface area contributed by atoms with Crippen LogP contribution in [0.25, 0.3) is 11.0 Å². The summed E-state index contributed by atoms with van der Waals surface area (Å²) in [6.45, 7) is 6.59. The van der Waals surface area contributed by atoms with Crippen molar-refractivity contribution in [2.45, 2.75) is 58.0 Å². The van der Waals surface area contributed by atoms with Gasteiger partial charge in [0.1, 0.15) is 5.39 Å². The zero-order valence-corrected chi connectivity index (χ0v) is 14.3. The van der Waals surface area contributed by atoms with Crippen molar-refractivity contribution < 1.29 is 4.79 Å². The van der Waals surface area contributed by atoms with Crippen LogP contribution in [0, 0.1) is 0 Å². The number of hydrogen-bond acceptors (Lipinski definition) is 5. The van der Waals surface area contributed by atoms with E-state index in [2.05, 4.69) is 25.7 Å². The molecule has 1 fully saturated rings. The highest BCUT2D eigenvalue weighted by molar-refractivity contribution is 5.76. The van der Waals surface area contributed by atoms with Crippen LogP contribution in [0.1, 0.15) is 46.5 Å². The molecular weight excluding hydrogens is 308 g/mol. The normalized spacial score (nSPS) is 14.8. The highest BCUT2D eigenvalue weighted by Crippen LogP contribution is 2.19. The second-order valence-corrected chi connectivity index (χ2v) is 7.25. The summed E-state index contributed by atoms with van der Waals surface area (Å²) < 4.78 is 1.74. The fraction of sp³-hybridized carbons (Fsp3) is 0.625. The van der Waals surface area contributed by atoms with E-state index in [0.29, 0.717) is 42.4 Å². The fourth-order valence-corrected chi connectivity index (χ4v) is 2.48. The molecule has 8 nitrogen and oxygen atoms in total. The Morgan fingerprint density at radius 2 is 2.17 bits per heavy atom. The van der Waals surface area contributed by atoms with Crippen molar-refractivity contribution in [2.24, 2.45) is 0 Å². The van der Waals surface area contributed by atoms with E-state index in [1.807, 2.05) is 20.8 Å². The number of amides is 1. The molecule has 0 aromatic carbocycles. The molecule has 0 spiro atoms. The minimum Gasteiger partial charge on any atom is -0.356 e. The second-order valence-electron chi connectivity index (χ2n) is 7.25. The van der Waals surface area contributed by atoms with E-state index in [9.17, 15) is 9.59 Å². The number of carbonyl (C=O) groups is 1.